The minimum atomic E-state index is -0.261. The van der Waals surface area contributed by atoms with Gasteiger partial charge in [-0.25, -0.2) is 9.37 Å². The molecule has 0 saturated carbocycles. The Morgan fingerprint density at radius 3 is 2.88 bits per heavy atom. The van der Waals surface area contributed by atoms with Gasteiger partial charge < -0.3 is 20.3 Å². The molecule has 33 heavy (non-hydrogen) atoms. The molecule has 1 aromatic carbocycles. The molecule has 4 rings (SSSR count). The van der Waals surface area contributed by atoms with E-state index in [1.54, 1.807) is 31.6 Å². The first-order chi connectivity index (χ1) is 16.1. The first-order valence-corrected chi connectivity index (χ1v) is 11.1. The highest BCUT2D eigenvalue weighted by Gasteiger charge is 2.26. The maximum Gasteiger partial charge on any atom is 0.255 e. The van der Waals surface area contributed by atoms with Crippen molar-refractivity contribution in [2.24, 2.45) is 0 Å². The van der Waals surface area contributed by atoms with Crippen LogP contribution in [0.25, 0.3) is 0 Å². The monoisotopic (exact) mass is 449 g/mol. The first kappa shape index (κ1) is 22.7. The molecule has 1 fully saturated rings. The second-order valence-corrected chi connectivity index (χ2v) is 7.94. The van der Waals surface area contributed by atoms with E-state index in [0.717, 1.165) is 36.3 Å². The van der Waals surface area contributed by atoms with Gasteiger partial charge in [-0.3, -0.25) is 9.78 Å². The van der Waals surface area contributed by atoms with E-state index in [9.17, 15) is 9.18 Å². The van der Waals surface area contributed by atoms with Gasteiger partial charge >= 0.3 is 0 Å². The molecule has 0 spiro atoms. The number of benzene rings is 1. The van der Waals surface area contributed by atoms with E-state index in [1.165, 1.54) is 12.1 Å². The van der Waals surface area contributed by atoms with Gasteiger partial charge in [-0.1, -0.05) is 18.2 Å². The predicted molar refractivity (Wildman–Crippen MR) is 126 cm³/mol. The molecule has 1 aliphatic rings. The number of ether oxygens (including phenoxy) is 1. The van der Waals surface area contributed by atoms with Crippen molar-refractivity contribution in [1.82, 2.24) is 15.3 Å². The lowest BCUT2D eigenvalue weighted by atomic mass is 10.1. The zero-order chi connectivity index (χ0) is 23.0. The van der Waals surface area contributed by atoms with Gasteiger partial charge in [0.15, 0.2) is 0 Å². The Morgan fingerprint density at radius 2 is 2.09 bits per heavy atom. The van der Waals surface area contributed by atoms with Crippen LogP contribution in [0.1, 0.15) is 34.3 Å². The molecule has 3 heterocycles. The molecular weight excluding hydrogens is 421 g/mol. The van der Waals surface area contributed by atoms with Crippen LogP contribution >= 0.6 is 0 Å². The summed E-state index contributed by atoms with van der Waals surface area (Å²) in [5.74, 6) is 0.768. The van der Waals surface area contributed by atoms with E-state index >= 15 is 0 Å². The van der Waals surface area contributed by atoms with E-state index in [2.05, 4.69) is 20.5 Å². The van der Waals surface area contributed by atoms with Crippen molar-refractivity contribution < 1.29 is 13.9 Å². The molecule has 1 amide bonds. The Labute approximate surface area is 193 Å². The number of pyridine rings is 2. The molecule has 1 saturated heterocycles. The molecule has 0 radical (unpaired) electrons. The Morgan fingerprint density at radius 1 is 1.21 bits per heavy atom. The van der Waals surface area contributed by atoms with Gasteiger partial charge in [0.1, 0.15) is 23.7 Å². The van der Waals surface area contributed by atoms with Crippen LogP contribution in [0, 0.1) is 5.82 Å². The summed E-state index contributed by atoms with van der Waals surface area (Å²) < 4.78 is 19.1. The van der Waals surface area contributed by atoms with Crippen molar-refractivity contribution in [3.05, 3.63) is 83.4 Å². The van der Waals surface area contributed by atoms with Gasteiger partial charge in [0.05, 0.1) is 5.56 Å². The number of methoxy groups -OCH3 is 1. The number of aromatic nitrogens is 2. The molecule has 0 aliphatic carbocycles. The second kappa shape index (κ2) is 10.9. The second-order valence-electron chi connectivity index (χ2n) is 7.94. The smallest absolute Gasteiger partial charge is 0.255 e. The number of nitrogens with one attached hydrogen (secondary N) is 2. The van der Waals surface area contributed by atoms with E-state index in [4.69, 9.17) is 9.72 Å². The third-order valence-electron chi connectivity index (χ3n) is 5.66. The molecule has 172 valence electrons. The van der Waals surface area contributed by atoms with Gasteiger partial charge in [-0.2, -0.15) is 0 Å². The van der Waals surface area contributed by atoms with Gasteiger partial charge in [0.25, 0.3) is 5.91 Å². The largest absolute Gasteiger partial charge is 0.369 e. The topological polar surface area (TPSA) is 79.4 Å². The number of carbonyl (C=O) groups excluding carboxylic acids is 1. The standard InChI is InChI=1S/C25H28FN5O2/c1-33-23-8-4-14-31(23)22-10-9-21(25(32)29-17-19-6-3-12-27-16-19)24(30-22)28-13-11-18-5-2-7-20(26)15-18/h2-3,5-7,9-10,12,15-16,23H,4,8,11,13-14,17H2,1H3,(H,28,30)(H,29,32). The van der Waals surface area contributed by atoms with E-state index in [0.29, 0.717) is 30.9 Å². The summed E-state index contributed by atoms with van der Waals surface area (Å²) in [5.41, 5.74) is 2.24. The Bertz CT molecular complexity index is 1080. The zero-order valence-electron chi connectivity index (χ0n) is 18.6. The summed E-state index contributed by atoms with van der Waals surface area (Å²) >= 11 is 0. The maximum absolute atomic E-state index is 13.5. The molecule has 8 heteroatoms. The Kier molecular flexibility index (Phi) is 7.47. The van der Waals surface area contributed by atoms with Gasteiger partial charge in [0, 0.05) is 39.1 Å². The lowest BCUT2D eigenvalue weighted by Crippen LogP contribution is -2.32. The predicted octanol–water partition coefficient (Wildman–Crippen LogP) is 3.77. The minimum absolute atomic E-state index is 0.0251. The van der Waals surface area contributed by atoms with Crippen molar-refractivity contribution in [1.29, 1.82) is 0 Å². The molecule has 1 atom stereocenters. The summed E-state index contributed by atoms with van der Waals surface area (Å²) in [6, 6.07) is 13.9. The van der Waals surface area contributed by atoms with Crippen molar-refractivity contribution >= 4 is 17.5 Å². The third-order valence-corrected chi connectivity index (χ3v) is 5.66. The highest BCUT2D eigenvalue weighted by atomic mass is 19.1. The van der Waals surface area contributed by atoms with Gasteiger partial charge in [-0.15, -0.1) is 0 Å². The fourth-order valence-electron chi connectivity index (χ4n) is 3.97. The lowest BCUT2D eigenvalue weighted by molar-refractivity contribution is 0.0951. The Balaban J connectivity index is 1.51. The maximum atomic E-state index is 13.5. The van der Waals surface area contributed by atoms with Crippen LogP contribution in [0.5, 0.6) is 0 Å². The first-order valence-electron chi connectivity index (χ1n) is 11.1. The molecule has 3 aromatic rings. The zero-order valence-corrected chi connectivity index (χ0v) is 18.6. The summed E-state index contributed by atoms with van der Waals surface area (Å²) in [4.78, 5) is 23.9. The van der Waals surface area contributed by atoms with E-state index in [1.807, 2.05) is 24.3 Å². The molecule has 7 nitrogen and oxygen atoms in total. The highest BCUT2D eigenvalue weighted by molar-refractivity contribution is 5.99. The van der Waals surface area contributed by atoms with Crippen LogP contribution in [0.4, 0.5) is 16.0 Å². The molecule has 0 bridgehead atoms. The molecule has 2 N–H and O–H groups in total. The highest BCUT2D eigenvalue weighted by Crippen LogP contribution is 2.27. The van der Waals surface area contributed by atoms with Crippen molar-refractivity contribution in [3.8, 4) is 0 Å². The van der Waals surface area contributed by atoms with E-state index in [-0.39, 0.29) is 18.0 Å². The number of halogens is 1. The van der Waals surface area contributed by atoms with Crippen molar-refractivity contribution in [2.75, 3.05) is 30.4 Å². The minimum Gasteiger partial charge on any atom is -0.369 e. The fourth-order valence-corrected chi connectivity index (χ4v) is 3.97. The normalized spacial score (nSPS) is 15.5. The van der Waals surface area contributed by atoms with Gasteiger partial charge in [-0.05, 0) is 60.7 Å². The number of anilines is 2. The average molecular weight is 450 g/mol. The molecule has 2 aromatic heterocycles. The van der Waals surface area contributed by atoms with Crippen molar-refractivity contribution in [2.45, 2.75) is 32.0 Å². The molecule has 1 unspecified atom stereocenters. The lowest BCUT2D eigenvalue weighted by Gasteiger charge is -2.25. The van der Waals surface area contributed by atoms with Crippen LogP contribution in [0.3, 0.4) is 0 Å². The number of hydrogen-bond donors (Lipinski definition) is 2. The summed E-state index contributed by atoms with van der Waals surface area (Å²) in [6.45, 7) is 1.73. The number of amides is 1. The van der Waals surface area contributed by atoms with E-state index < -0.39 is 0 Å². The summed E-state index contributed by atoms with van der Waals surface area (Å²) in [7, 11) is 1.70. The van der Waals surface area contributed by atoms with Crippen LogP contribution in [0.2, 0.25) is 0 Å². The van der Waals surface area contributed by atoms with Crippen LogP contribution in [0.15, 0.2) is 60.9 Å². The number of rotatable bonds is 9. The average Bonchev–Trinajstić information content (AvgIpc) is 3.32. The quantitative estimate of drug-likeness (QED) is 0.518. The van der Waals surface area contributed by atoms with Gasteiger partial charge in [0.2, 0.25) is 0 Å². The van der Waals surface area contributed by atoms with Crippen molar-refractivity contribution in [3.63, 3.8) is 0 Å². The van der Waals surface area contributed by atoms with Crippen LogP contribution in [-0.2, 0) is 17.7 Å². The Hall–Kier alpha value is -3.52. The summed E-state index contributed by atoms with van der Waals surface area (Å²) in [5, 5.41) is 6.22. The van der Waals surface area contributed by atoms with Crippen LogP contribution < -0.4 is 15.5 Å². The number of nitrogens with zero attached hydrogens (tertiary/aromatic N) is 3. The summed E-state index contributed by atoms with van der Waals surface area (Å²) in [6.07, 6.45) is 5.95. The third kappa shape index (κ3) is 5.84. The van der Waals surface area contributed by atoms with Crippen LogP contribution in [-0.4, -0.2) is 42.3 Å². The SMILES string of the molecule is COC1CCCN1c1ccc(C(=O)NCc2cccnc2)c(NCCc2cccc(F)c2)n1. The molecular formula is C25H28FN5O2. The number of hydrogen-bond acceptors (Lipinski definition) is 6. The fraction of sp³-hybridized carbons (Fsp3) is 0.320. The molecule has 1 aliphatic heterocycles. The number of carbonyl (C=O) groups is 1.